The van der Waals surface area contributed by atoms with E-state index in [4.69, 9.17) is 16.0 Å². The van der Waals surface area contributed by atoms with E-state index >= 15 is 0 Å². The molecule has 23 heavy (non-hydrogen) atoms. The first-order valence-electron chi connectivity index (χ1n) is 6.66. The molecule has 0 aliphatic heterocycles. The van der Waals surface area contributed by atoms with Crippen molar-refractivity contribution in [2.24, 2.45) is 7.05 Å². The lowest BCUT2D eigenvalue weighted by Crippen LogP contribution is -2.14. The molecule has 0 fully saturated rings. The second-order valence-electron chi connectivity index (χ2n) is 5.12. The highest BCUT2D eigenvalue weighted by Gasteiger charge is 2.17. The molecule has 0 radical (unpaired) electrons. The largest absolute Gasteiger partial charge is 0.419 e. The van der Waals surface area contributed by atoms with Crippen LogP contribution in [0.4, 0.5) is 5.69 Å². The molecule has 0 saturated heterocycles. The summed E-state index contributed by atoms with van der Waals surface area (Å²) in [5.74, 6) is -0.505. The van der Waals surface area contributed by atoms with Gasteiger partial charge in [0.25, 0.3) is 10.0 Å². The Balaban J connectivity index is 2.09. The van der Waals surface area contributed by atoms with Gasteiger partial charge in [-0.15, -0.1) is 0 Å². The molecular formula is C15H13ClN2O4S. The SMILES string of the molecule is Cc1cc2oc(=O)n(C)c2cc1NS(=O)(=O)c1cccc(Cl)c1. The molecule has 6 nitrogen and oxygen atoms in total. The Hall–Kier alpha value is -2.25. The number of benzene rings is 2. The lowest BCUT2D eigenvalue weighted by Gasteiger charge is -2.11. The summed E-state index contributed by atoms with van der Waals surface area (Å²) in [6.07, 6.45) is 0. The van der Waals surface area contributed by atoms with Crippen molar-refractivity contribution in [3.63, 3.8) is 0 Å². The minimum absolute atomic E-state index is 0.0607. The average molecular weight is 353 g/mol. The Morgan fingerprint density at radius 2 is 1.96 bits per heavy atom. The number of nitrogens with zero attached hydrogens (tertiary/aromatic N) is 1. The highest BCUT2D eigenvalue weighted by atomic mass is 35.5. The number of anilines is 1. The monoisotopic (exact) mass is 352 g/mol. The minimum Gasteiger partial charge on any atom is -0.408 e. The van der Waals surface area contributed by atoms with Gasteiger partial charge in [0.15, 0.2) is 5.58 Å². The number of hydrogen-bond acceptors (Lipinski definition) is 4. The molecule has 0 aliphatic rings. The highest BCUT2D eigenvalue weighted by Crippen LogP contribution is 2.26. The van der Waals surface area contributed by atoms with Crippen molar-refractivity contribution in [2.45, 2.75) is 11.8 Å². The fourth-order valence-electron chi connectivity index (χ4n) is 2.22. The number of oxazole rings is 1. The number of aryl methyl sites for hydroxylation is 2. The molecule has 120 valence electrons. The van der Waals surface area contributed by atoms with Gasteiger partial charge in [-0.05, 0) is 42.8 Å². The molecule has 0 bridgehead atoms. The predicted octanol–water partition coefficient (Wildman–Crippen LogP) is 2.89. The molecule has 3 rings (SSSR count). The normalized spacial score (nSPS) is 11.8. The molecule has 2 aromatic carbocycles. The van der Waals surface area contributed by atoms with Gasteiger partial charge >= 0.3 is 5.76 Å². The van der Waals surface area contributed by atoms with Crippen LogP contribution in [0.5, 0.6) is 0 Å². The smallest absolute Gasteiger partial charge is 0.408 e. The van der Waals surface area contributed by atoms with Crippen LogP contribution in [0.25, 0.3) is 11.1 Å². The highest BCUT2D eigenvalue weighted by molar-refractivity contribution is 7.92. The van der Waals surface area contributed by atoms with E-state index in [0.717, 1.165) is 0 Å². The predicted molar refractivity (Wildman–Crippen MR) is 88.5 cm³/mol. The summed E-state index contributed by atoms with van der Waals surface area (Å²) < 4.78 is 33.8. The van der Waals surface area contributed by atoms with Gasteiger partial charge in [-0.2, -0.15) is 0 Å². The summed E-state index contributed by atoms with van der Waals surface area (Å²) in [5.41, 5.74) is 1.91. The van der Waals surface area contributed by atoms with Gasteiger partial charge in [0.05, 0.1) is 16.1 Å². The summed E-state index contributed by atoms with van der Waals surface area (Å²) in [6, 6.07) is 9.16. The van der Waals surface area contributed by atoms with E-state index in [1.807, 2.05) is 0 Å². The van der Waals surface area contributed by atoms with Crippen LogP contribution < -0.4 is 10.5 Å². The molecule has 1 heterocycles. The van der Waals surface area contributed by atoms with Crippen molar-refractivity contribution >= 4 is 38.4 Å². The molecule has 1 N–H and O–H groups in total. The van der Waals surface area contributed by atoms with Crippen LogP contribution in [-0.4, -0.2) is 13.0 Å². The van der Waals surface area contributed by atoms with E-state index < -0.39 is 15.8 Å². The third-order valence-electron chi connectivity index (χ3n) is 3.49. The first-order chi connectivity index (χ1) is 10.8. The van der Waals surface area contributed by atoms with E-state index in [1.165, 1.54) is 16.7 Å². The zero-order valence-electron chi connectivity index (χ0n) is 12.3. The van der Waals surface area contributed by atoms with Crippen LogP contribution in [0.15, 0.2) is 50.5 Å². The first kappa shape index (κ1) is 15.6. The van der Waals surface area contributed by atoms with Gasteiger partial charge in [0.1, 0.15) is 0 Å². The van der Waals surface area contributed by atoms with Crippen molar-refractivity contribution in [1.82, 2.24) is 4.57 Å². The quantitative estimate of drug-likeness (QED) is 0.785. The molecule has 0 aliphatic carbocycles. The van der Waals surface area contributed by atoms with Crippen LogP contribution in [0.2, 0.25) is 5.02 Å². The topological polar surface area (TPSA) is 81.3 Å². The summed E-state index contributed by atoms with van der Waals surface area (Å²) in [4.78, 5) is 11.6. The number of halogens is 1. The molecule has 0 atom stereocenters. The van der Waals surface area contributed by atoms with Crippen LogP contribution in [0.3, 0.4) is 0 Å². The second kappa shape index (κ2) is 5.43. The van der Waals surface area contributed by atoms with E-state index in [0.29, 0.717) is 27.4 Å². The summed E-state index contributed by atoms with van der Waals surface area (Å²) in [7, 11) is -2.23. The lowest BCUT2D eigenvalue weighted by atomic mass is 10.2. The third-order valence-corrected chi connectivity index (χ3v) is 5.09. The van der Waals surface area contributed by atoms with Gasteiger partial charge < -0.3 is 4.42 Å². The van der Waals surface area contributed by atoms with E-state index in [2.05, 4.69) is 4.72 Å². The van der Waals surface area contributed by atoms with Crippen molar-refractivity contribution in [3.8, 4) is 0 Å². The number of sulfonamides is 1. The van der Waals surface area contributed by atoms with Gasteiger partial charge in [-0.1, -0.05) is 17.7 Å². The lowest BCUT2D eigenvalue weighted by molar-refractivity contribution is 0.528. The molecule has 0 unspecified atom stereocenters. The number of nitrogens with one attached hydrogen (secondary N) is 1. The summed E-state index contributed by atoms with van der Waals surface area (Å²) >= 11 is 5.84. The van der Waals surface area contributed by atoms with Crippen molar-refractivity contribution in [3.05, 3.63) is 57.5 Å². The average Bonchev–Trinajstić information content (AvgIpc) is 2.74. The third kappa shape index (κ3) is 2.85. The van der Waals surface area contributed by atoms with Gasteiger partial charge in [0, 0.05) is 12.1 Å². The van der Waals surface area contributed by atoms with Crippen LogP contribution in [0, 0.1) is 6.92 Å². The summed E-state index contributed by atoms with van der Waals surface area (Å²) in [6.45, 7) is 1.72. The van der Waals surface area contributed by atoms with Gasteiger partial charge in [-0.3, -0.25) is 9.29 Å². The Morgan fingerprint density at radius 3 is 2.65 bits per heavy atom. The number of rotatable bonds is 3. The second-order valence-corrected chi connectivity index (χ2v) is 7.24. The minimum atomic E-state index is -3.79. The molecule has 0 spiro atoms. The maximum atomic E-state index is 12.5. The number of fused-ring (bicyclic) bond motifs is 1. The van der Waals surface area contributed by atoms with E-state index in [1.54, 1.807) is 38.2 Å². The fourth-order valence-corrected chi connectivity index (χ4v) is 3.64. The zero-order chi connectivity index (χ0) is 16.8. The Kier molecular flexibility index (Phi) is 3.69. The zero-order valence-corrected chi connectivity index (χ0v) is 13.9. The standard InChI is InChI=1S/C15H13ClN2O4S/c1-9-6-14-13(18(2)15(19)22-14)8-12(9)17-23(20,21)11-5-3-4-10(16)7-11/h3-8,17H,1-2H3. The van der Waals surface area contributed by atoms with Crippen LogP contribution in [-0.2, 0) is 17.1 Å². The number of aromatic nitrogens is 1. The van der Waals surface area contributed by atoms with Crippen molar-refractivity contribution < 1.29 is 12.8 Å². The van der Waals surface area contributed by atoms with Crippen LogP contribution >= 0.6 is 11.6 Å². The Morgan fingerprint density at radius 1 is 1.22 bits per heavy atom. The molecule has 8 heteroatoms. The van der Waals surface area contributed by atoms with E-state index in [-0.39, 0.29) is 4.90 Å². The fraction of sp³-hybridized carbons (Fsp3) is 0.133. The van der Waals surface area contributed by atoms with E-state index in [9.17, 15) is 13.2 Å². The molecule has 0 saturated carbocycles. The number of hydrogen-bond donors (Lipinski definition) is 1. The first-order valence-corrected chi connectivity index (χ1v) is 8.52. The van der Waals surface area contributed by atoms with Gasteiger partial charge in [-0.25, -0.2) is 13.2 Å². The van der Waals surface area contributed by atoms with Crippen molar-refractivity contribution in [2.75, 3.05) is 4.72 Å². The Labute approximate surface area is 137 Å². The maximum Gasteiger partial charge on any atom is 0.419 e. The molecule has 3 aromatic rings. The Bertz CT molecular complexity index is 1070. The molecule has 0 amide bonds. The van der Waals surface area contributed by atoms with Crippen LogP contribution in [0.1, 0.15) is 5.56 Å². The maximum absolute atomic E-state index is 12.5. The molecule has 1 aromatic heterocycles. The summed E-state index contributed by atoms with van der Waals surface area (Å²) in [5, 5.41) is 0.331. The van der Waals surface area contributed by atoms with Gasteiger partial charge in [0.2, 0.25) is 0 Å². The molecular weight excluding hydrogens is 340 g/mol. The van der Waals surface area contributed by atoms with Crippen molar-refractivity contribution in [1.29, 1.82) is 0 Å².